The third-order valence-electron chi connectivity index (χ3n) is 2.54. The topological polar surface area (TPSA) is 45.2 Å². The van der Waals surface area contributed by atoms with Crippen molar-refractivity contribution in [2.45, 2.75) is 52.6 Å². The Labute approximate surface area is 102 Å². The van der Waals surface area contributed by atoms with Crippen LogP contribution in [0.2, 0.25) is 0 Å². The molecule has 0 saturated carbocycles. The van der Waals surface area contributed by atoms with Gasteiger partial charge in [0.15, 0.2) is 0 Å². The molecule has 0 aliphatic carbocycles. The summed E-state index contributed by atoms with van der Waals surface area (Å²) in [6.07, 6.45) is 0. The summed E-state index contributed by atoms with van der Waals surface area (Å²) in [6.45, 7) is 10.7. The first-order chi connectivity index (χ1) is 7.45. The Balaban J connectivity index is 2.78. The fourth-order valence-corrected chi connectivity index (χ4v) is 2.72. The predicted molar refractivity (Wildman–Crippen MR) is 69.0 cm³/mol. The monoisotopic (exact) mass is 242 g/mol. The van der Waals surface area contributed by atoms with E-state index in [1.54, 1.807) is 11.3 Å². The molecule has 2 N–H and O–H groups in total. The molecular weight excluding hydrogens is 220 g/mol. The van der Waals surface area contributed by atoms with Gasteiger partial charge in [-0.1, -0.05) is 13.8 Å². The lowest BCUT2D eigenvalue weighted by atomic mass is 10.2. The van der Waals surface area contributed by atoms with E-state index in [1.165, 1.54) is 9.88 Å². The van der Waals surface area contributed by atoms with E-state index in [0.717, 1.165) is 5.69 Å². The van der Waals surface area contributed by atoms with Gasteiger partial charge in [0.2, 0.25) is 0 Å². The van der Waals surface area contributed by atoms with Gasteiger partial charge >= 0.3 is 0 Å². The fourth-order valence-electron chi connectivity index (χ4n) is 1.63. The molecule has 1 unspecified atom stereocenters. The molecule has 1 aromatic rings. The lowest BCUT2D eigenvalue weighted by Gasteiger charge is -2.17. The van der Waals surface area contributed by atoms with Crippen LogP contribution in [0.25, 0.3) is 0 Å². The molecule has 4 heteroatoms. The summed E-state index contributed by atoms with van der Waals surface area (Å²) in [5.41, 5.74) is 1.11. The smallest absolute Gasteiger partial charge is 0.0956 e. The van der Waals surface area contributed by atoms with Crippen LogP contribution < -0.4 is 5.32 Å². The normalized spacial score (nSPS) is 15.4. The Hall–Kier alpha value is -0.450. The van der Waals surface area contributed by atoms with Crippen molar-refractivity contribution in [3.05, 3.63) is 15.6 Å². The van der Waals surface area contributed by atoms with Crippen molar-refractivity contribution >= 4 is 11.3 Å². The molecule has 0 fully saturated rings. The maximum Gasteiger partial charge on any atom is 0.0956 e. The van der Waals surface area contributed by atoms with Crippen LogP contribution in [0.4, 0.5) is 0 Å². The highest BCUT2D eigenvalue weighted by molar-refractivity contribution is 7.11. The van der Waals surface area contributed by atoms with E-state index in [1.807, 2.05) is 6.92 Å². The quantitative estimate of drug-likeness (QED) is 0.834. The first kappa shape index (κ1) is 13.6. The van der Waals surface area contributed by atoms with E-state index in [9.17, 15) is 0 Å². The molecule has 0 saturated heterocycles. The Kier molecular flexibility index (Phi) is 4.89. The number of aliphatic hydroxyl groups is 1. The molecule has 0 bridgehead atoms. The van der Waals surface area contributed by atoms with Crippen molar-refractivity contribution in [3.8, 4) is 0 Å². The van der Waals surface area contributed by atoms with Crippen LogP contribution in [0.1, 0.15) is 55.2 Å². The fraction of sp³-hybridized carbons (Fsp3) is 0.750. The number of hydrogen-bond acceptors (Lipinski definition) is 4. The van der Waals surface area contributed by atoms with Gasteiger partial charge in [0.25, 0.3) is 0 Å². The summed E-state index contributed by atoms with van der Waals surface area (Å²) in [4.78, 5) is 5.86. The van der Waals surface area contributed by atoms with E-state index in [-0.39, 0.29) is 18.7 Å². The highest BCUT2D eigenvalue weighted by Gasteiger charge is 2.16. The van der Waals surface area contributed by atoms with Gasteiger partial charge in [-0.15, -0.1) is 11.3 Å². The van der Waals surface area contributed by atoms with Gasteiger partial charge in [-0.05, 0) is 20.8 Å². The Bertz CT molecular complexity index is 336. The number of thiazole rings is 1. The van der Waals surface area contributed by atoms with Crippen LogP contribution in [0.5, 0.6) is 0 Å². The van der Waals surface area contributed by atoms with Crippen molar-refractivity contribution in [1.29, 1.82) is 0 Å². The molecule has 1 aromatic heterocycles. The Morgan fingerprint density at radius 1 is 1.31 bits per heavy atom. The van der Waals surface area contributed by atoms with Crippen LogP contribution in [0.15, 0.2) is 0 Å². The summed E-state index contributed by atoms with van der Waals surface area (Å²) in [5, 5.41) is 13.6. The maximum absolute atomic E-state index is 9.02. The summed E-state index contributed by atoms with van der Waals surface area (Å²) in [5.74, 6) is 0.486. The molecule has 2 atom stereocenters. The standard InChI is InChI=1S/C12H22N2OS/c1-7(2)12-14-10(5)11(16-12)9(4)13-8(3)6-15/h7-9,13,15H,6H2,1-5H3/t8-,9?/m1/s1. The van der Waals surface area contributed by atoms with Gasteiger partial charge < -0.3 is 10.4 Å². The van der Waals surface area contributed by atoms with Crippen molar-refractivity contribution in [1.82, 2.24) is 10.3 Å². The molecule has 92 valence electrons. The molecule has 3 nitrogen and oxygen atoms in total. The van der Waals surface area contributed by atoms with Crippen LogP contribution in [0, 0.1) is 6.92 Å². The average molecular weight is 242 g/mol. The third kappa shape index (κ3) is 3.27. The summed E-state index contributed by atoms with van der Waals surface area (Å²) in [6, 6.07) is 0.381. The number of hydrogen-bond donors (Lipinski definition) is 2. The highest BCUT2D eigenvalue weighted by atomic mass is 32.1. The van der Waals surface area contributed by atoms with E-state index in [4.69, 9.17) is 5.11 Å². The molecule has 0 aromatic carbocycles. The number of nitrogens with zero attached hydrogens (tertiary/aromatic N) is 1. The van der Waals surface area contributed by atoms with Gasteiger partial charge in [-0.3, -0.25) is 0 Å². The molecule has 1 rings (SSSR count). The van der Waals surface area contributed by atoms with Crippen molar-refractivity contribution in [3.63, 3.8) is 0 Å². The summed E-state index contributed by atoms with van der Waals surface area (Å²) < 4.78 is 0. The van der Waals surface area contributed by atoms with Gasteiger partial charge in [-0.2, -0.15) is 0 Å². The largest absolute Gasteiger partial charge is 0.395 e. The molecule has 1 heterocycles. The van der Waals surface area contributed by atoms with E-state index >= 15 is 0 Å². The second kappa shape index (κ2) is 5.75. The van der Waals surface area contributed by atoms with Crippen LogP contribution in [-0.2, 0) is 0 Å². The minimum atomic E-state index is 0.124. The second-order valence-corrected chi connectivity index (χ2v) is 5.69. The van der Waals surface area contributed by atoms with Crippen LogP contribution >= 0.6 is 11.3 Å². The van der Waals surface area contributed by atoms with Gasteiger partial charge in [0.1, 0.15) is 0 Å². The minimum absolute atomic E-state index is 0.124. The van der Waals surface area contributed by atoms with Crippen LogP contribution in [0.3, 0.4) is 0 Å². The molecular formula is C12H22N2OS. The zero-order valence-electron chi connectivity index (χ0n) is 10.7. The molecule has 0 radical (unpaired) electrons. The minimum Gasteiger partial charge on any atom is -0.395 e. The molecule has 0 spiro atoms. The molecule has 0 aliphatic rings. The maximum atomic E-state index is 9.02. The molecule has 16 heavy (non-hydrogen) atoms. The zero-order valence-corrected chi connectivity index (χ0v) is 11.6. The summed E-state index contributed by atoms with van der Waals surface area (Å²) >= 11 is 1.77. The van der Waals surface area contributed by atoms with Crippen molar-refractivity contribution in [2.75, 3.05) is 6.61 Å². The third-order valence-corrected chi connectivity index (χ3v) is 4.19. The Morgan fingerprint density at radius 3 is 2.38 bits per heavy atom. The van der Waals surface area contributed by atoms with Gasteiger partial charge in [0, 0.05) is 22.9 Å². The lowest BCUT2D eigenvalue weighted by molar-refractivity contribution is 0.243. The molecule has 0 amide bonds. The lowest BCUT2D eigenvalue weighted by Crippen LogP contribution is -2.31. The van der Waals surface area contributed by atoms with Crippen molar-refractivity contribution in [2.24, 2.45) is 0 Å². The number of aliphatic hydroxyl groups excluding tert-OH is 1. The van der Waals surface area contributed by atoms with Crippen LogP contribution in [-0.4, -0.2) is 22.7 Å². The first-order valence-electron chi connectivity index (χ1n) is 5.79. The zero-order chi connectivity index (χ0) is 12.3. The SMILES string of the molecule is Cc1nc(C(C)C)sc1C(C)N[C@H](C)CO. The average Bonchev–Trinajstić information content (AvgIpc) is 2.60. The first-order valence-corrected chi connectivity index (χ1v) is 6.61. The highest BCUT2D eigenvalue weighted by Crippen LogP contribution is 2.29. The Morgan fingerprint density at radius 2 is 1.94 bits per heavy atom. The van der Waals surface area contributed by atoms with E-state index in [0.29, 0.717) is 5.92 Å². The van der Waals surface area contributed by atoms with E-state index < -0.39 is 0 Å². The van der Waals surface area contributed by atoms with Crippen molar-refractivity contribution < 1.29 is 5.11 Å². The van der Waals surface area contributed by atoms with E-state index in [2.05, 4.69) is 38.0 Å². The van der Waals surface area contributed by atoms with Gasteiger partial charge in [0.05, 0.1) is 17.3 Å². The molecule has 0 aliphatic heterocycles. The summed E-state index contributed by atoms with van der Waals surface area (Å²) in [7, 11) is 0. The van der Waals surface area contributed by atoms with Gasteiger partial charge in [-0.25, -0.2) is 4.98 Å². The predicted octanol–water partition coefficient (Wildman–Crippen LogP) is 2.61. The number of aryl methyl sites for hydroxylation is 1. The number of nitrogens with one attached hydrogen (secondary N) is 1. The second-order valence-electron chi connectivity index (χ2n) is 4.63. The number of rotatable bonds is 5. The number of aromatic nitrogens is 1.